The lowest BCUT2D eigenvalue weighted by Gasteiger charge is -2.52. The lowest BCUT2D eigenvalue weighted by molar-refractivity contribution is -0.231. The molecule has 5 nitrogen and oxygen atoms in total. The summed E-state index contributed by atoms with van der Waals surface area (Å²) in [5.74, 6) is -0.935. The van der Waals surface area contributed by atoms with Crippen molar-refractivity contribution in [1.82, 2.24) is 4.90 Å². The van der Waals surface area contributed by atoms with E-state index >= 15 is 0 Å². The molecule has 1 aliphatic carbocycles. The number of hydrogen-bond donors (Lipinski definition) is 1. The summed E-state index contributed by atoms with van der Waals surface area (Å²) in [5.41, 5.74) is -2.55. The van der Waals surface area contributed by atoms with Crippen molar-refractivity contribution in [2.75, 3.05) is 7.05 Å². The van der Waals surface area contributed by atoms with Gasteiger partial charge in [0.15, 0.2) is 5.72 Å². The predicted octanol–water partition coefficient (Wildman–Crippen LogP) is 4.21. The number of aliphatic hydroxyl groups is 1. The Morgan fingerprint density at radius 1 is 1.25 bits per heavy atom. The van der Waals surface area contributed by atoms with Gasteiger partial charge < -0.3 is 14.7 Å². The highest BCUT2D eigenvalue weighted by atomic mass is 35.5. The first-order valence-electron chi connectivity index (χ1n) is 9.56. The van der Waals surface area contributed by atoms with E-state index in [-0.39, 0.29) is 24.7 Å². The van der Waals surface area contributed by atoms with Crippen LogP contribution in [0.2, 0.25) is 10.0 Å². The van der Waals surface area contributed by atoms with Crippen LogP contribution >= 0.6 is 23.2 Å². The summed E-state index contributed by atoms with van der Waals surface area (Å²) in [6, 6.07) is 5.25. The van der Waals surface area contributed by atoms with Crippen molar-refractivity contribution < 1.29 is 19.4 Å². The number of hydrogen-bond acceptors (Lipinski definition) is 4. The average molecular weight is 428 g/mol. The van der Waals surface area contributed by atoms with Gasteiger partial charge in [0.25, 0.3) is 0 Å². The van der Waals surface area contributed by atoms with E-state index in [1.54, 1.807) is 46.0 Å². The van der Waals surface area contributed by atoms with Gasteiger partial charge >= 0.3 is 5.97 Å². The van der Waals surface area contributed by atoms with E-state index in [1.165, 1.54) is 4.90 Å². The first-order valence-corrected chi connectivity index (χ1v) is 10.3. The third-order valence-corrected chi connectivity index (χ3v) is 6.47. The zero-order valence-electron chi connectivity index (χ0n) is 16.7. The Kier molecular flexibility index (Phi) is 5.50. The van der Waals surface area contributed by atoms with Crippen molar-refractivity contribution in [2.45, 2.75) is 64.2 Å². The van der Waals surface area contributed by atoms with Gasteiger partial charge in [0, 0.05) is 29.4 Å². The summed E-state index contributed by atoms with van der Waals surface area (Å²) in [6.45, 7) is 5.41. The predicted molar refractivity (Wildman–Crippen MR) is 108 cm³/mol. The van der Waals surface area contributed by atoms with Crippen LogP contribution in [-0.2, 0) is 20.7 Å². The molecule has 1 aromatic carbocycles. The summed E-state index contributed by atoms with van der Waals surface area (Å²) < 4.78 is 5.69. The topological polar surface area (TPSA) is 66.8 Å². The lowest BCUT2D eigenvalue weighted by atomic mass is 9.69. The quantitative estimate of drug-likeness (QED) is 0.733. The molecule has 0 spiro atoms. The Bertz CT molecular complexity index is 786. The van der Waals surface area contributed by atoms with Crippen molar-refractivity contribution in [2.24, 2.45) is 11.3 Å². The molecule has 0 aromatic heterocycles. The molecular weight excluding hydrogens is 401 g/mol. The van der Waals surface area contributed by atoms with Gasteiger partial charge in [0.2, 0.25) is 5.91 Å². The number of halogens is 2. The number of esters is 1. The number of amides is 1. The van der Waals surface area contributed by atoms with Gasteiger partial charge in [-0.2, -0.15) is 0 Å². The van der Waals surface area contributed by atoms with Crippen molar-refractivity contribution in [3.05, 3.63) is 33.8 Å². The summed E-state index contributed by atoms with van der Waals surface area (Å²) >= 11 is 12.2. The average Bonchev–Trinajstić information content (AvgIpc) is 2.84. The fraction of sp³-hybridized carbons (Fsp3) is 0.619. The minimum absolute atomic E-state index is 0.169. The largest absolute Gasteiger partial charge is 0.459 e. The normalized spacial score (nSPS) is 30.3. The highest BCUT2D eigenvalue weighted by molar-refractivity contribution is 6.34. The molecule has 1 amide bonds. The Morgan fingerprint density at radius 2 is 1.86 bits per heavy atom. The van der Waals surface area contributed by atoms with E-state index in [0.717, 1.165) is 5.56 Å². The first-order chi connectivity index (χ1) is 12.9. The van der Waals surface area contributed by atoms with Crippen molar-refractivity contribution >= 4 is 35.1 Å². The molecule has 1 aromatic rings. The zero-order valence-corrected chi connectivity index (χ0v) is 18.2. The smallest absolute Gasteiger partial charge is 0.317 e. The Morgan fingerprint density at radius 3 is 2.43 bits per heavy atom. The van der Waals surface area contributed by atoms with E-state index in [9.17, 15) is 14.7 Å². The van der Waals surface area contributed by atoms with Gasteiger partial charge in [-0.1, -0.05) is 23.2 Å². The second kappa shape index (κ2) is 7.19. The molecule has 3 rings (SSSR count). The van der Waals surface area contributed by atoms with Gasteiger partial charge in [-0.3, -0.25) is 9.59 Å². The fourth-order valence-electron chi connectivity index (χ4n) is 4.77. The summed E-state index contributed by atoms with van der Waals surface area (Å²) in [5, 5.41) is 12.9. The van der Waals surface area contributed by atoms with E-state index in [0.29, 0.717) is 29.3 Å². The van der Waals surface area contributed by atoms with Crippen LogP contribution in [0.4, 0.5) is 0 Å². The number of piperidine rings is 1. The number of benzene rings is 1. The standard InChI is InChI=1S/C21H27Cl2NO4/c1-19(2,3)28-18(26)20-7-5-14(9-13-10-15(22)12-16(23)11-13)21(20,27)24(4)17(25)6-8-20/h10-12,14,27H,5-9H2,1-4H3/t14-,20+,21-/m0/s1. The van der Waals surface area contributed by atoms with Gasteiger partial charge in [-0.05, 0) is 70.2 Å². The van der Waals surface area contributed by atoms with E-state index in [2.05, 4.69) is 0 Å². The van der Waals surface area contributed by atoms with Gasteiger partial charge in [0.05, 0.1) is 0 Å². The molecule has 1 saturated carbocycles. The maximum Gasteiger partial charge on any atom is 0.317 e. The summed E-state index contributed by atoms with van der Waals surface area (Å²) in [6.07, 6.45) is 2.02. The maximum atomic E-state index is 13.2. The Labute approximate surface area is 175 Å². The molecule has 0 bridgehead atoms. The van der Waals surface area contributed by atoms with E-state index < -0.39 is 22.7 Å². The molecule has 2 aliphatic rings. The molecule has 28 heavy (non-hydrogen) atoms. The molecule has 0 unspecified atom stereocenters. The molecular formula is C21H27Cl2NO4. The minimum Gasteiger partial charge on any atom is -0.459 e. The molecule has 1 N–H and O–H groups in total. The number of likely N-dealkylation sites (tertiary alicyclic amines) is 1. The van der Waals surface area contributed by atoms with Gasteiger partial charge in [-0.25, -0.2) is 0 Å². The molecule has 3 atom stereocenters. The van der Waals surface area contributed by atoms with E-state index in [1.807, 2.05) is 0 Å². The first kappa shape index (κ1) is 21.4. The molecule has 1 aliphatic heterocycles. The Hall–Kier alpha value is -1.30. The second-order valence-corrected chi connectivity index (χ2v) is 9.85. The SMILES string of the molecule is CN1C(=O)CC[C@@]2(C(=O)OC(C)(C)C)CC[C@@H](Cc3cc(Cl)cc(Cl)c3)[C@@]12O. The number of nitrogens with zero attached hydrogens (tertiary/aromatic N) is 1. The van der Waals surface area contributed by atoms with E-state index in [4.69, 9.17) is 27.9 Å². The van der Waals surface area contributed by atoms with Crippen LogP contribution in [0, 0.1) is 11.3 Å². The highest BCUT2D eigenvalue weighted by Gasteiger charge is 2.69. The second-order valence-electron chi connectivity index (χ2n) is 8.98. The number of fused-ring (bicyclic) bond motifs is 1. The third-order valence-electron chi connectivity index (χ3n) is 6.04. The monoisotopic (exact) mass is 427 g/mol. The van der Waals surface area contributed by atoms with Crippen LogP contribution in [0.15, 0.2) is 18.2 Å². The van der Waals surface area contributed by atoms with Gasteiger partial charge in [-0.15, -0.1) is 0 Å². The number of ether oxygens (including phenoxy) is 1. The fourth-order valence-corrected chi connectivity index (χ4v) is 5.34. The molecule has 1 heterocycles. The van der Waals surface area contributed by atoms with Crippen LogP contribution in [0.1, 0.15) is 52.0 Å². The lowest BCUT2D eigenvalue weighted by Crippen LogP contribution is -2.67. The van der Waals surface area contributed by atoms with Crippen molar-refractivity contribution in [3.63, 3.8) is 0 Å². The maximum absolute atomic E-state index is 13.2. The summed E-state index contributed by atoms with van der Waals surface area (Å²) in [7, 11) is 1.57. The molecule has 2 fully saturated rings. The van der Waals surface area contributed by atoms with Crippen LogP contribution in [0.5, 0.6) is 0 Å². The van der Waals surface area contributed by atoms with Crippen LogP contribution < -0.4 is 0 Å². The number of rotatable bonds is 3. The van der Waals surface area contributed by atoms with Crippen LogP contribution in [0.25, 0.3) is 0 Å². The molecule has 7 heteroatoms. The van der Waals surface area contributed by atoms with Crippen molar-refractivity contribution in [3.8, 4) is 0 Å². The Balaban J connectivity index is 2.00. The molecule has 0 radical (unpaired) electrons. The van der Waals surface area contributed by atoms with Crippen LogP contribution in [0.3, 0.4) is 0 Å². The zero-order chi connectivity index (χ0) is 20.9. The molecule has 1 saturated heterocycles. The number of carbonyl (C=O) groups is 2. The summed E-state index contributed by atoms with van der Waals surface area (Å²) in [4.78, 5) is 27.0. The molecule has 154 valence electrons. The van der Waals surface area contributed by atoms with Gasteiger partial charge in [0.1, 0.15) is 11.0 Å². The number of carbonyl (C=O) groups excluding carboxylic acids is 2. The van der Waals surface area contributed by atoms with Crippen LogP contribution in [-0.4, -0.2) is 40.3 Å². The highest BCUT2D eigenvalue weighted by Crippen LogP contribution is 2.58. The van der Waals surface area contributed by atoms with Crippen molar-refractivity contribution in [1.29, 1.82) is 0 Å². The minimum atomic E-state index is -1.61. The third kappa shape index (κ3) is 3.53.